The SMILES string of the molecule is COc1cccc2c(C)cc(SCC(=O)Nc3ccc(Cl)cc3Cl)nc12. The zero-order valence-corrected chi connectivity index (χ0v) is 16.5. The smallest absolute Gasteiger partial charge is 0.234 e. The number of amides is 1. The molecule has 0 bridgehead atoms. The van der Waals surface area contributed by atoms with Gasteiger partial charge in [0.1, 0.15) is 11.3 Å². The molecule has 0 aliphatic carbocycles. The normalized spacial score (nSPS) is 10.8. The molecule has 2 aromatic carbocycles. The monoisotopic (exact) mass is 406 g/mol. The number of carbonyl (C=O) groups is 1. The van der Waals surface area contributed by atoms with Crippen LogP contribution in [0.3, 0.4) is 0 Å². The average molecular weight is 407 g/mol. The fourth-order valence-corrected chi connectivity index (χ4v) is 3.74. The molecule has 0 aliphatic rings. The van der Waals surface area contributed by atoms with E-state index in [1.54, 1.807) is 25.3 Å². The van der Waals surface area contributed by atoms with Crippen molar-refractivity contribution >= 4 is 57.5 Å². The lowest BCUT2D eigenvalue weighted by Gasteiger charge is -2.10. The summed E-state index contributed by atoms with van der Waals surface area (Å²) in [5.74, 6) is 0.760. The van der Waals surface area contributed by atoms with Gasteiger partial charge in [-0.1, -0.05) is 47.1 Å². The van der Waals surface area contributed by atoms with Crippen molar-refractivity contribution in [1.29, 1.82) is 0 Å². The second-order valence-electron chi connectivity index (χ2n) is 5.59. The first-order valence-electron chi connectivity index (χ1n) is 7.80. The molecule has 1 amide bonds. The Labute approximate surface area is 165 Å². The highest BCUT2D eigenvalue weighted by Gasteiger charge is 2.11. The molecule has 3 rings (SSSR count). The summed E-state index contributed by atoms with van der Waals surface area (Å²) >= 11 is 13.3. The molecule has 0 radical (unpaired) electrons. The summed E-state index contributed by atoms with van der Waals surface area (Å²) in [6.45, 7) is 2.01. The number of ether oxygens (including phenoxy) is 1. The van der Waals surface area contributed by atoms with Gasteiger partial charge in [0.05, 0.1) is 28.6 Å². The molecule has 0 fully saturated rings. The van der Waals surface area contributed by atoms with E-state index in [0.717, 1.165) is 21.5 Å². The van der Waals surface area contributed by atoms with Crippen LogP contribution in [0.1, 0.15) is 5.56 Å². The van der Waals surface area contributed by atoms with Crippen molar-refractivity contribution in [2.24, 2.45) is 0 Å². The molecule has 4 nitrogen and oxygen atoms in total. The van der Waals surface area contributed by atoms with Crippen LogP contribution in [0, 0.1) is 6.92 Å². The van der Waals surface area contributed by atoms with E-state index in [-0.39, 0.29) is 11.7 Å². The van der Waals surface area contributed by atoms with Gasteiger partial charge in [-0.15, -0.1) is 0 Å². The van der Waals surface area contributed by atoms with E-state index in [0.29, 0.717) is 21.5 Å². The lowest BCUT2D eigenvalue weighted by molar-refractivity contribution is -0.113. The number of aryl methyl sites for hydroxylation is 1. The molecule has 7 heteroatoms. The van der Waals surface area contributed by atoms with Crippen molar-refractivity contribution in [2.45, 2.75) is 11.9 Å². The highest BCUT2D eigenvalue weighted by atomic mass is 35.5. The minimum atomic E-state index is -0.168. The predicted octanol–water partition coefficient (Wildman–Crippen LogP) is 5.59. The Morgan fingerprint density at radius 3 is 2.77 bits per heavy atom. The van der Waals surface area contributed by atoms with E-state index in [9.17, 15) is 4.79 Å². The van der Waals surface area contributed by atoms with Crippen molar-refractivity contribution in [2.75, 3.05) is 18.2 Å². The number of halogens is 2. The van der Waals surface area contributed by atoms with Crippen molar-refractivity contribution in [3.8, 4) is 5.75 Å². The first kappa shape index (κ1) is 18.8. The molecule has 1 N–H and O–H groups in total. The molecule has 1 heterocycles. The highest BCUT2D eigenvalue weighted by Crippen LogP contribution is 2.30. The van der Waals surface area contributed by atoms with Gasteiger partial charge in [0.2, 0.25) is 5.91 Å². The van der Waals surface area contributed by atoms with E-state index in [2.05, 4.69) is 10.3 Å². The number of fused-ring (bicyclic) bond motifs is 1. The average Bonchev–Trinajstić information content (AvgIpc) is 2.62. The number of thioether (sulfide) groups is 1. The quantitative estimate of drug-likeness (QED) is 0.561. The lowest BCUT2D eigenvalue weighted by atomic mass is 10.1. The van der Waals surface area contributed by atoms with Gasteiger partial charge in [0.25, 0.3) is 0 Å². The van der Waals surface area contributed by atoms with Gasteiger partial charge >= 0.3 is 0 Å². The van der Waals surface area contributed by atoms with Crippen LogP contribution < -0.4 is 10.1 Å². The van der Waals surface area contributed by atoms with Crippen LogP contribution in [-0.4, -0.2) is 23.8 Å². The first-order chi connectivity index (χ1) is 12.5. The van der Waals surface area contributed by atoms with Crippen molar-refractivity contribution in [1.82, 2.24) is 4.98 Å². The van der Waals surface area contributed by atoms with E-state index in [1.165, 1.54) is 11.8 Å². The van der Waals surface area contributed by atoms with Gasteiger partial charge < -0.3 is 10.1 Å². The number of para-hydroxylation sites is 1. The number of hydrogen-bond acceptors (Lipinski definition) is 4. The minimum absolute atomic E-state index is 0.168. The molecule has 3 aromatic rings. The molecule has 134 valence electrons. The Hall–Kier alpha value is -1.95. The molecule has 1 aromatic heterocycles. The maximum Gasteiger partial charge on any atom is 0.234 e. The zero-order valence-electron chi connectivity index (χ0n) is 14.2. The Kier molecular flexibility index (Phi) is 5.91. The third-order valence-corrected chi connectivity index (χ3v) is 5.22. The number of rotatable bonds is 5. The largest absolute Gasteiger partial charge is 0.494 e. The van der Waals surface area contributed by atoms with Crippen LogP contribution in [0.4, 0.5) is 5.69 Å². The minimum Gasteiger partial charge on any atom is -0.494 e. The summed E-state index contributed by atoms with van der Waals surface area (Å²) in [5.41, 5.74) is 2.40. The number of nitrogens with one attached hydrogen (secondary N) is 1. The Morgan fingerprint density at radius 2 is 2.04 bits per heavy atom. The molecule has 0 unspecified atom stereocenters. The molecule has 0 saturated carbocycles. The summed E-state index contributed by atoms with van der Waals surface area (Å²) in [5, 5.41) is 5.50. The van der Waals surface area contributed by atoms with Crippen molar-refractivity contribution in [3.05, 3.63) is 58.1 Å². The number of methoxy groups -OCH3 is 1. The molecule has 0 aliphatic heterocycles. The first-order valence-corrected chi connectivity index (χ1v) is 9.54. The third-order valence-electron chi connectivity index (χ3n) is 3.76. The molecular weight excluding hydrogens is 391 g/mol. The van der Waals surface area contributed by atoms with Crippen molar-refractivity contribution < 1.29 is 9.53 Å². The number of hydrogen-bond donors (Lipinski definition) is 1. The number of nitrogens with zero attached hydrogens (tertiary/aromatic N) is 1. The molecule has 0 spiro atoms. The van der Waals surface area contributed by atoms with Gasteiger partial charge in [-0.3, -0.25) is 4.79 Å². The van der Waals surface area contributed by atoms with Crippen LogP contribution in [0.5, 0.6) is 5.75 Å². The van der Waals surface area contributed by atoms with Gasteiger partial charge in [0, 0.05) is 10.4 Å². The van der Waals surface area contributed by atoms with Gasteiger partial charge in [-0.05, 0) is 42.8 Å². The molecular formula is C19H16Cl2N2O2S. The maximum absolute atomic E-state index is 12.2. The summed E-state index contributed by atoms with van der Waals surface area (Å²) in [4.78, 5) is 16.8. The van der Waals surface area contributed by atoms with Crippen LogP contribution in [0.25, 0.3) is 10.9 Å². The van der Waals surface area contributed by atoms with Crippen LogP contribution in [0.2, 0.25) is 10.0 Å². The number of anilines is 1. The van der Waals surface area contributed by atoms with Gasteiger partial charge in [-0.2, -0.15) is 0 Å². The fourth-order valence-electron chi connectivity index (χ4n) is 2.52. The standard InChI is InChI=1S/C19H16Cl2N2O2S/c1-11-8-18(23-19-13(11)4-3-5-16(19)25-2)26-10-17(24)22-15-7-6-12(20)9-14(15)21/h3-9H,10H2,1-2H3,(H,22,24). The summed E-state index contributed by atoms with van der Waals surface area (Å²) < 4.78 is 5.39. The van der Waals surface area contributed by atoms with E-state index < -0.39 is 0 Å². The summed E-state index contributed by atoms with van der Waals surface area (Å²) in [6, 6.07) is 12.7. The second-order valence-corrected chi connectivity index (χ2v) is 7.43. The summed E-state index contributed by atoms with van der Waals surface area (Å²) in [6.07, 6.45) is 0. The number of carbonyl (C=O) groups excluding carboxylic acids is 1. The van der Waals surface area contributed by atoms with Crippen LogP contribution in [0.15, 0.2) is 47.5 Å². The number of aromatic nitrogens is 1. The molecule has 0 atom stereocenters. The van der Waals surface area contributed by atoms with E-state index >= 15 is 0 Å². The van der Waals surface area contributed by atoms with Crippen LogP contribution in [-0.2, 0) is 4.79 Å². The Morgan fingerprint density at radius 1 is 1.23 bits per heavy atom. The number of benzene rings is 2. The maximum atomic E-state index is 12.2. The Balaban J connectivity index is 1.74. The fraction of sp³-hybridized carbons (Fsp3) is 0.158. The predicted molar refractivity (Wildman–Crippen MR) is 109 cm³/mol. The van der Waals surface area contributed by atoms with Crippen molar-refractivity contribution in [3.63, 3.8) is 0 Å². The molecule has 26 heavy (non-hydrogen) atoms. The van der Waals surface area contributed by atoms with Gasteiger partial charge in [-0.25, -0.2) is 4.98 Å². The second kappa shape index (κ2) is 8.16. The van der Waals surface area contributed by atoms with E-state index in [4.69, 9.17) is 27.9 Å². The third kappa shape index (κ3) is 4.23. The van der Waals surface area contributed by atoms with E-state index in [1.807, 2.05) is 31.2 Å². The highest BCUT2D eigenvalue weighted by molar-refractivity contribution is 7.99. The zero-order chi connectivity index (χ0) is 18.7. The lowest BCUT2D eigenvalue weighted by Crippen LogP contribution is -2.14. The summed E-state index contributed by atoms with van der Waals surface area (Å²) in [7, 11) is 1.62. The van der Waals surface area contributed by atoms with Gasteiger partial charge in [0.15, 0.2) is 0 Å². The topological polar surface area (TPSA) is 51.2 Å². The number of pyridine rings is 1. The Bertz CT molecular complexity index is 979. The molecule has 0 saturated heterocycles. The van der Waals surface area contributed by atoms with Crippen LogP contribution >= 0.6 is 35.0 Å².